The van der Waals surface area contributed by atoms with Crippen molar-refractivity contribution in [3.63, 3.8) is 0 Å². The summed E-state index contributed by atoms with van der Waals surface area (Å²) in [4.78, 5) is 12.0. The largest absolute Gasteiger partial charge is 0.490 e. The van der Waals surface area contributed by atoms with Gasteiger partial charge in [-0.2, -0.15) is 5.10 Å². The van der Waals surface area contributed by atoms with Crippen LogP contribution >= 0.6 is 0 Å². The average molecular weight is 388 g/mol. The predicted octanol–water partition coefficient (Wildman–Crippen LogP) is 4.36. The van der Waals surface area contributed by atoms with Gasteiger partial charge in [0, 0.05) is 0 Å². The highest BCUT2D eigenvalue weighted by Crippen LogP contribution is 2.28. The summed E-state index contributed by atoms with van der Waals surface area (Å²) in [7, 11) is 0. The van der Waals surface area contributed by atoms with Crippen molar-refractivity contribution in [1.82, 2.24) is 5.43 Å². The number of carbonyl (C=O) groups is 1. The Morgan fingerprint density at radius 2 is 1.59 bits per heavy atom. The molecule has 0 aliphatic rings. The lowest BCUT2D eigenvalue weighted by atomic mass is 10.1. The van der Waals surface area contributed by atoms with Crippen molar-refractivity contribution >= 4 is 12.1 Å². The molecule has 0 bridgehead atoms. The zero-order valence-electron chi connectivity index (χ0n) is 16.4. The van der Waals surface area contributed by atoms with E-state index in [1.807, 2.05) is 85.8 Å². The van der Waals surface area contributed by atoms with Gasteiger partial charge in [0.2, 0.25) is 5.91 Å². The molecule has 0 aromatic heterocycles. The van der Waals surface area contributed by atoms with Crippen molar-refractivity contribution in [2.24, 2.45) is 5.10 Å². The van der Waals surface area contributed by atoms with E-state index in [4.69, 9.17) is 9.47 Å². The minimum Gasteiger partial charge on any atom is -0.490 e. The normalized spacial score (nSPS) is 10.7. The molecule has 0 saturated carbocycles. The Balaban J connectivity index is 1.59. The van der Waals surface area contributed by atoms with Crippen molar-refractivity contribution in [3.05, 3.63) is 95.6 Å². The quantitative estimate of drug-likeness (QED) is 0.438. The molecule has 5 nitrogen and oxygen atoms in total. The molecule has 0 radical (unpaired) electrons. The molecule has 3 aromatic carbocycles. The van der Waals surface area contributed by atoms with E-state index < -0.39 is 0 Å². The van der Waals surface area contributed by atoms with E-state index in [1.165, 1.54) is 0 Å². The number of nitrogens with zero attached hydrogens (tertiary/aromatic N) is 1. The Hall–Kier alpha value is -3.60. The Bertz CT molecular complexity index is 941. The van der Waals surface area contributed by atoms with Crippen LogP contribution in [-0.4, -0.2) is 18.7 Å². The highest BCUT2D eigenvalue weighted by atomic mass is 16.5. The fraction of sp³-hybridized carbons (Fsp3) is 0.167. The molecule has 0 spiro atoms. The second-order valence-electron chi connectivity index (χ2n) is 6.37. The molecule has 29 heavy (non-hydrogen) atoms. The Kier molecular flexibility index (Phi) is 7.41. The first-order chi connectivity index (χ1) is 14.2. The molecular formula is C24H24N2O3. The van der Waals surface area contributed by atoms with Gasteiger partial charge in [-0.15, -0.1) is 0 Å². The zero-order valence-corrected chi connectivity index (χ0v) is 16.4. The third kappa shape index (κ3) is 6.50. The lowest BCUT2D eigenvalue weighted by molar-refractivity contribution is -0.120. The molecule has 5 heteroatoms. The fourth-order valence-corrected chi connectivity index (χ4v) is 2.73. The third-order valence-corrected chi connectivity index (χ3v) is 4.12. The number of rotatable bonds is 9. The first-order valence-electron chi connectivity index (χ1n) is 9.54. The number of hydrogen-bond donors (Lipinski definition) is 1. The molecule has 0 fully saturated rings. The van der Waals surface area contributed by atoms with Gasteiger partial charge < -0.3 is 9.47 Å². The molecule has 3 rings (SSSR count). The molecule has 148 valence electrons. The number of hydrazone groups is 1. The van der Waals surface area contributed by atoms with Crippen LogP contribution in [-0.2, 0) is 17.8 Å². The summed E-state index contributed by atoms with van der Waals surface area (Å²) < 4.78 is 11.6. The topological polar surface area (TPSA) is 59.9 Å². The van der Waals surface area contributed by atoms with E-state index in [-0.39, 0.29) is 12.3 Å². The standard InChI is InChI=1S/C24H24N2O3/c1-2-28-23-15-21(13-14-22(23)29-18-20-11-7-4-8-12-20)17-25-26-24(27)16-19-9-5-3-6-10-19/h3-15,17H,2,16,18H2,1H3,(H,26,27). The van der Waals surface area contributed by atoms with Crippen LogP contribution < -0.4 is 14.9 Å². The average Bonchev–Trinajstić information content (AvgIpc) is 2.75. The van der Waals surface area contributed by atoms with Crippen LogP contribution in [0.15, 0.2) is 84.0 Å². The van der Waals surface area contributed by atoms with Crippen LogP contribution in [0, 0.1) is 0 Å². The van der Waals surface area contributed by atoms with Crippen LogP contribution in [0.2, 0.25) is 0 Å². The minimum absolute atomic E-state index is 0.166. The summed E-state index contributed by atoms with van der Waals surface area (Å²) in [5, 5.41) is 4.04. The first-order valence-corrected chi connectivity index (χ1v) is 9.54. The van der Waals surface area contributed by atoms with Gasteiger partial charge in [0.05, 0.1) is 19.2 Å². The molecule has 3 aromatic rings. The Morgan fingerprint density at radius 1 is 0.897 bits per heavy atom. The van der Waals surface area contributed by atoms with Crippen LogP contribution in [0.3, 0.4) is 0 Å². The summed E-state index contributed by atoms with van der Waals surface area (Å²) in [5.74, 6) is 1.14. The number of nitrogens with one attached hydrogen (secondary N) is 1. The molecule has 0 heterocycles. The monoisotopic (exact) mass is 388 g/mol. The van der Waals surface area contributed by atoms with Gasteiger partial charge in [0.1, 0.15) is 6.61 Å². The highest BCUT2D eigenvalue weighted by molar-refractivity contribution is 5.84. The van der Waals surface area contributed by atoms with E-state index in [2.05, 4.69) is 10.5 Å². The Morgan fingerprint density at radius 3 is 2.28 bits per heavy atom. The maximum Gasteiger partial charge on any atom is 0.244 e. The van der Waals surface area contributed by atoms with E-state index in [0.29, 0.717) is 24.7 Å². The van der Waals surface area contributed by atoms with Crippen molar-refractivity contribution < 1.29 is 14.3 Å². The van der Waals surface area contributed by atoms with Crippen molar-refractivity contribution in [1.29, 1.82) is 0 Å². The first kappa shape index (κ1) is 20.1. The maximum atomic E-state index is 12.0. The van der Waals surface area contributed by atoms with E-state index in [9.17, 15) is 4.79 Å². The highest BCUT2D eigenvalue weighted by Gasteiger charge is 2.07. The number of hydrogen-bond acceptors (Lipinski definition) is 4. The summed E-state index contributed by atoms with van der Waals surface area (Å²) in [5.41, 5.74) is 5.39. The molecule has 0 saturated heterocycles. The number of amides is 1. The summed E-state index contributed by atoms with van der Waals surface area (Å²) in [6, 6.07) is 25.1. The summed E-state index contributed by atoms with van der Waals surface area (Å²) in [6.07, 6.45) is 1.88. The van der Waals surface area contributed by atoms with E-state index in [0.717, 1.165) is 16.7 Å². The zero-order chi connectivity index (χ0) is 20.3. The Labute approximate surface area is 171 Å². The number of benzene rings is 3. The second kappa shape index (κ2) is 10.7. The van der Waals surface area contributed by atoms with Crippen molar-refractivity contribution in [2.45, 2.75) is 20.0 Å². The maximum absolute atomic E-state index is 12.0. The molecule has 0 aliphatic heterocycles. The van der Waals surface area contributed by atoms with Gasteiger partial charge >= 0.3 is 0 Å². The summed E-state index contributed by atoms with van der Waals surface area (Å²) >= 11 is 0. The molecule has 0 aliphatic carbocycles. The van der Waals surface area contributed by atoms with Crippen LogP contribution in [0.1, 0.15) is 23.6 Å². The van der Waals surface area contributed by atoms with Crippen LogP contribution in [0.4, 0.5) is 0 Å². The predicted molar refractivity (Wildman–Crippen MR) is 114 cm³/mol. The third-order valence-electron chi connectivity index (χ3n) is 4.12. The van der Waals surface area contributed by atoms with Gasteiger partial charge in [-0.05, 0) is 41.8 Å². The number of carbonyl (C=O) groups excluding carboxylic acids is 1. The van der Waals surface area contributed by atoms with Gasteiger partial charge in [0.15, 0.2) is 11.5 Å². The second-order valence-corrected chi connectivity index (χ2v) is 6.37. The van der Waals surface area contributed by atoms with Crippen molar-refractivity contribution in [2.75, 3.05) is 6.61 Å². The smallest absolute Gasteiger partial charge is 0.244 e. The van der Waals surface area contributed by atoms with Gasteiger partial charge in [-0.25, -0.2) is 5.43 Å². The van der Waals surface area contributed by atoms with E-state index in [1.54, 1.807) is 6.21 Å². The molecule has 0 atom stereocenters. The molecular weight excluding hydrogens is 364 g/mol. The molecule has 1 N–H and O–H groups in total. The minimum atomic E-state index is -0.166. The van der Waals surface area contributed by atoms with Crippen LogP contribution in [0.5, 0.6) is 11.5 Å². The number of ether oxygens (including phenoxy) is 2. The van der Waals surface area contributed by atoms with Crippen molar-refractivity contribution in [3.8, 4) is 11.5 Å². The molecule has 0 unspecified atom stereocenters. The van der Waals surface area contributed by atoms with E-state index >= 15 is 0 Å². The van der Waals surface area contributed by atoms with Gasteiger partial charge in [-0.1, -0.05) is 60.7 Å². The molecule has 1 amide bonds. The SMILES string of the molecule is CCOc1cc(C=NNC(=O)Cc2ccccc2)ccc1OCc1ccccc1. The van der Waals surface area contributed by atoms with Crippen LogP contribution in [0.25, 0.3) is 0 Å². The van der Waals surface area contributed by atoms with Gasteiger partial charge in [0.25, 0.3) is 0 Å². The fourth-order valence-electron chi connectivity index (χ4n) is 2.73. The van der Waals surface area contributed by atoms with Gasteiger partial charge in [-0.3, -0.25) is 4.79 Å². The summed E-state index contributed by atoms with van der Waals surface area (Å²) in [6.45, 7) is 2.91. The lowest BCUT2D eigenvalue weighted by Gasteiger charge is -2.12. The lowest BCUT2D eigenvalue weighted by Crippen LogP contribution is -2.19.